The summed E-state index contributed by atoms with van der Waals surface area (Å²) in [5.74, 6) is 2.37. The van der Waals surface area contributed by atoms with Crippen molar-refractivity contribution in [2.45, 2.75) is 0 Å². The van der Waals surface area contributed by atoms with E-state index in [2.05, 4.69) is 11.2 Å². The molecule has 0 heterocycles. The highest BCUT2D eigenvalue weighted by Crippen LogP contribution is 2.09. The lowest BCUT2D eigenvalue weighted by Crippen LogP contribution is -2.11. The number of carbonyl (C=O) groups is 1. The van der Waals surface area contributed by atoms with Crippen molar-refractivity contribution < 1.29 is 4.79 Å². The Morgan fingerprint density at radius 3 is 2.24 bits per heavy atom. The van der Waals surface area contributed by atoms with Crippen LogP contribution in [0.3, 0.4) is 0 Å². The maximum atomic E-state index is 11.9. The van der Waals surface area contributed by atoms with Gasteiger partial charge in [0.2, 0.25) is 0 Å². The van der Waals surface area contributed by atoms with Gasteiger partial charge in [0.1, 0.15) is 0 Å². The molecule has 0 fully saturated rings. The molecule has 2 rings (SSSR count). The van der Waals surface area contributed by atoms with Crippen molar-refractivity contribution in [3.05, 3.63) is 65.7 Å². The Morgan fingerprint density at radius 2 is 1.65 bits per heavy atom. The quantitative estimate of drug-likeness (QED) is 0.776. The first-order valence-electron chi connectivity index (χ1n) is 5.22. The summed E-state index contributed by atoms with van der Waals surface area (Å²) in [6.45, 7) is 0. The number of hydrogen-bond donors (Lipinski definition) is 1. The number of carbonyl (C=O) groups excluding carboxylic acids is 1. The monoisotopic (exact) mass is 221 g/mol. The van der Waals surface area contributed by atoms with Gasteiger partial charge < -0.3 is 5.32 Å². The first kappa shape index (κ1) is 11.0. The number of benzene rings is 2. The molecule has 0 saturated heterocycles. The molecule has 1 amide bonds. The summed E-state index contributed by atoms with van der Waals surface area (Å²) >= 11 is 0. The lowest BCUT2D eigenvalue weighted by Gasteiger charge is -2.04. The predicted octanol–water partition coefficient (Wildman–Crippen LogP) is 2.92. The predicted molar refractivity (Wildman–Crippen MR) is 68.8 cm³/mol. The zero-order valence-corrected chi connectivity index (χ0v) is 9.18. The fourth-order valence-electron chi connectivity index (χ4n) is 1.44. The lowest BCUT2D eigenvalue weighted by atomic mass is 10.1. The molecule has 0 aliphatic carbocycles. The molecule has 2 aromatic rings. The SMILES string of the molecule is C#Cc1ccc(C(=O)Nc2ccccc2)cc1. The molecular formula is C15H11NO. The molecule has 17 heavy (non-hydrogen) atoms. The first-order valence-corrected chi connectivity index (χ1v) is 5.22. The van der Waals surface area contributed by atoms with E-state index in [9.17, 15) is 4.79 Å². The standard InChI is InChI=1S/C15H11NO/c1-2-12-8-10-13(11-9-12)15(17)16-14-6-4-3-5-7-14/h1,3-11H,(H,16,17). The third kappa shape index (κ3) is 2.73. The van der Waals surface area contributed by atoms with E-state index in [0.717, 1.165) is 11.3 Å². The van der Waals surface area contributed by atoms with Gasteiger partial charge in [-0.1, -0.05) is 24.1 Å². The second-order valence-corrected chi connectivity index (χ2v) is 3.54. The van der Waals surface area contributed by atoms with Gasteiger partial charge in [0, 0.05) is 16.8 Å². The zero-order valence-electron chi connectivity index (χ0n) is 9.18. The molecule has 2 heteroatoms. The number of nitrogens with one attached hydrogen (secondary N) is 1. The molecule has 0 aromatic heterocycles. The smallest absolute Gasteiger partial charge is 0.255 e. The molecule has 82 valence electrons. The van der Waals surface area contributed by atoms with Crippen LogP contribution in [0.5, 0.6) is 0 Å². The van der Waals surface area contributed by atoms with Crippen LogP contribution in [-0.2, 0) is 0 Å². The summed E-state index contributed by atoms with van der Waals surface area (Å²) in [6, 6.07) is 16.3. The van der Waals surface area contributed by atoms with Gasteiger partial charge >= 0.3 is 0 Å². The van der Waals surface area contributed by atoms with Gasteiger partial charge in [-0.15, -0.1) is 6.42 Å². The van der Waals surface area contributed by atoms with Crippen molar-refractivity contribution in [1.29, 1.82) is 0 Å². The van der Waals surface area contributed by atoms with E-state index >= 15 is 0 Å². The topological polar surface area (TPSA) is 29.1 Å². The van der Waals surface area contributed by atoms with Gasteiger partial charge in [-0.3, -0.25) is 4.79 Å². The van der Waals surface area contributed by atoms with E-state index in [4.69, 9.17) is 6.42 Å². The van der Waals surface area contributed by atoms with Crippen LogP contribution in [-0.4, -0.2) is 5.91 Å². The van der Waals surface area contributed by atoms with E-state index in [0.29, 0.717) is 5.56 Å². The fourth-order valence-corrected chi connectivity index (χ4v) is 1.44. The molecule has 0 aliphatic heterocycles. The number of terminal acetylenes is 1. The average Bonchev–Trinajstić information content (AvgIpc) is 2.40. The maximum Gasteiger partial charge on any atom is 0.255 e. The number of rotatable bonds is 2. The molecule has 0 radical (unpaired) electrons. The van der Waals surface area contributed by atoms with Crippen LogP contribution in [0.1, 0.15) is 15.9 Å². The molecule has 0 spiro atoms. The van der Waals surface area contributed by atoms with E-state index < -0.39 is 0 Å². The van der Waals surface area contributed by atoms with Crippen LogP contribution in [0.4, 0.5) is 5.69 Å². The summed E-state index contributed by atoms with van der Waals surface area (Å²) in [7, 11) is 0. The first-order chi connectivity index (χ1) is 8.29. The van der Waals surface area contributed by atoms with Gasteiger partial charge in [-0.2, -0.15) is 0 Å². The molecule has 0 atom stereocenters. The highest BCUT2D eigenvalue weighted by Gasteiger charge is 2.04. The molecule has 0 aliphatic rings. The largest absolute Gasteiger partial charge is 0.322 e. The van der Waals surface area contributed by atoms with Crippen molar-refractivity contribution in [3.63, 3.8) is 0 Å². The van der Waals surface area contributed by atoms with Crippen molar-refractivity contribution in [2.24, 2.45) is 0 Å². The van der Waals surface area contributed by atoms with Crippen LogP contribution in [0.25, 0.3) is 0 Å². The molecule has 0 unspecified atom stereocenters. The minimum absolute atomic E-state index is 0.139. The second kappa shape index (κ2) is 5.00. The Kier molecular flexibility index (Phi) is 3.23. The van der Waals surface area contributed by atoms with E-state index in [1.165, 1.54) is 0 Å². The lowest BCUT2D eigenvalue weighted by molar-refractivity contribution is 0.102. The van der Waals surface area contributed by atoms with E-state index in [1.807, 2.05) is 30.3 Å². The molecule has 2 nitrogen and oxygen atoms in total. The Morgan fingerprint density at radius 1 is 1.00 bits per heavy atom. The number of para-hydroxylation sites is 1. The van der Waals surface area contributed by atoms with Gasteiger partial charge in [0.25, 0.3) is 5.91 Å². The van der Waals surface area contributed by atoms with Crippen molar-refractivity contribution in [1.82, 2.24) is 0 Å². The Balaban J connectivity index is 2.13. The third-order valence-electron chi connectivity index (χ3n) is 2.35. The molecule has 2 aromatic carbocycles. The highest BCUT2D eigenvalue weighted by molar-refractivity contribution is 6.04. The number of anilines is 1. The number of amides is 1. The van der Waals surface area contributed by atoms with Crippen LogP contribution in [0.15, 0.2) is 54.6 Å². The summed E-state index contributed by atoms with van der Waals surface area (Å²) < 4.78 is 0. The average molecular weight is 221 g/mol. The highest BCUT2D eigenvalue weighted by atomic mass is 16.1. The van der Waals surface area contributed by atoms with Crippen molar-refractivity contribution in [3.8, 4) is 12.3 Å². The van der Waals surface area contributed by atoms with Crippen LogP contribution in [0.2, 0.25) is 0 Å². The maximum absolute atomic E-state index is 11.9. The molecule has 0 saturated carbocycles. The van der Waals surface area contributed by atoms with Crippen LogP contribution in [0, 0.1) is 12.3 Å². The van der Waals surface area contributed by atoms with Crippen molar-refractivity contribution >= 4 is 11.6 Å². The summed E-state index contributed by atoms with van der Waals surface area (Å²) in [4.78, 5) is 11.9. The van der Waals surface area contributed by atoms with Crippen LogP contribution < -0.4 is 5.32 Å². The Labute approximate surface area is 100 Å². The Bertz CT molecular complexity index is 550. The van der Waals surface area contributed by atoms with E-state index in [-0.39, 0.29) is 5.91 Å². The fraction of sp³-hybridized carbons (Fsp3) is 0. The van der Waals surface area contributed by atoms with Gasteiger partial charge in [0.15, 0.2) is 0 Å². The Hall–Kier alpha value is -2.53. The summed E-state index contributed by atoms with van der Waals surface area (Å²) in [6.07, 6.45) is 5.25. The summed E-state index contributed by atoms with van der Waals surface area (Å²) in [5.41, 5.74) is 2.13. The molecule has 1 N–H and O–H groups in total. The summed E-state index contributed by atoms with van der Waals surface area (Å²) in [5, 5.41) is 2.81. The van der Waals surface area contributed by atoms with Crippen LogP contribution >= 0.6 is 0 Å². The normalized spacial score (nSPS) is 9.35. The van der Waals surface area contributed by atoms with Crippen molar-refractivity contribution in [2.75, 3.05) is 5.32 Å². The zero-order chi connectivity index (χ0) is 12.1. The van der Waals surface area contributed by atoms with Gasteiger partial charge in [-0.05, 0) is 36.4 Å². The minimum atomic E-state index is -0.139. The number of hydrogen-bond acceptors (Lipinski definition) is 1. The molecule has 0 bridgehead atoms. The second-order valence-electron chi connectivity index (χ2n) is 3.54. The molecular weight excluding hydrogens is 210 g/mol. The van der Waals surface area contributed by atoms with Gasteiger partial charge in [0.05, 0.1) is 0 Å². The van der Waals surface area contributed by atoms with Gasteiger partial charge in [-0.25, -0.2) is 0 Å². The van der Waals surface area contributed by atoms with E-state index in [1.54, 1.807) is 24.3 Å². The minimum Gasteiger partial charge on any atom is -0.322 e. The third-order valence-corrected chi connectivity index (χ3v) is 2.35.